The molecule has 0 aromatic carbocycles. The average molecular weight is 408 g/mol. The lowest BCUT2D eigenvalue weighted by atomic mass is 10.1. The fourth-order valence-electron chi connectivity index (χ4n) is 2.88. The van der Waals surface area contributed by atoms with Gasteiger partial charge < -0.3 is 26.1 Å². The normalized spacial score (nSPS) is 14.6. The third kappa shape index (κ3) is 5.69. The second-order valence-electron chi connectivity index (χ2n) is 6.40. The highest BCUT2D eigenvalue weighted by Gasteiger charge is 2.13. The lowest BCUT2D eigenvalue weighted by molar-refractivity contribution is 0.0398. The number of hydrogen-bond acceptors (Lipinski definition) is 11. The lowest BCUT2D eigenvalue weighted by Crippen LogP contribution is -2.39. The Morgan fingerprint density at radius 1 is 1.27 bits per heavy atom. The van der Waals surface area contributed by atoms with Gasteiger partial charge in [0.2, 0.25) is 11.8 Å². The second kappa shape index (κ2) is 10.8. The van der Waals surface area contributed by atoms with E-state index in [1.165, 1.54) is 18.6 Å². The van der Waals surface area contributed by atoms with Crippen LogP contribution in [0.3, 0.4) is 0 Å². The van der Waals surface area contributed by atoms with E-state index in [1.54, 1.807) is 19.4 Å². The van der Waals surface area contributed by atoms with Crippen molar-refractivity contribution in [2.45, 2.75) is 0 Å². The SMILES string of the molecule is CN/C=C(\C=N)c1cnc(Nc2cnc(C#N)nc2)nc1NCCN1CCOCC1. The summed E-state index contributed by atoms with van der Waals surface area (Å²) in [4.78, 5) is 19.1. The van der Waals surface area contributed by atoms with Crippen LogP contribution in [0, 0.1) is 16.7 Å². The summed E-state index contributed by atoms with van der Waals surface area (Å²) in [6, 6.07) is 1.88. The van der Waals surface area contributed by atoms with Crippen LogP contribution >= 0.6 is 0 Å². The molecule has 30 heavy (non-hydrogen) atoms. The highest BCUT2D eigenvalue weighted by atomic mass is 16.5. The minimum atomic E-state index is 0.0927. The predicted octanol–water partition coefficient (Wildman–Crippen LogP) is 0.836. The minimum Gasteiger partial charge on any atom is -0.393 e. The number of morpholine rings is 1. The van der Waals surface area contributed by atoms with Gasteiger partial charge in [-0.3, -0.25) is 4.90 Å². The van der Waals surface area contributed by atoms with Crippen molar-refractivity contribution in [1.29, 1.82) is 10.7 Å². The van der Waals surface area contributed by atoms with Crippen LogP contribution < -0.4 is 16.0 Å². The maximum Gasteiger partial charge on any atom is 0.232 e. The first-order valence-corrected chi connectivity index (χ1v) is 9.52. The molecule has 11 nitrogen and oxygen atoms in total. The fraction of sp³-hybridized carbons (Fsp3) is 0.368. The third-order valence-corrected chi connectivity index (χ3v) is 4.39. The Kier molecular flexibility index (Phi) is 7.59. The number of nitriles is 1. The van der Waals surface area contributed by atoms with Crippen LogP contribution in [0.15, 0.2) is 24.8 Å². The number of hydrogen-bond donors (Lipinski definition) is 4. The number of anilines is 3. The number of allylic oxidation sites excluding steroid dienone is 1. The van der Waals surface area contributed by atoms with Gasteiger partial charge in [0.05, 0.1) is 31.3 Å². The molecule has 0 aliphatic carbocycles. The molecule has 0 amide bonds. The molecule has 3 rings (SSSR count). The lowest BCUT2D eigenvalue weighted by Gasteiger charge is -2.26. The molecule has 0 atom stereocenters. The van der Waals surface area contributed by atoms with E-state index in [1.807, 2.05) is 6.07 Å². The van der Waals surface area contributed by atoms with E-state index in [0.717, 1.165) is 32.8 Å². The summed E-state index contributed by atoms with van der Waals surface area (Å²) in [5, 5.41) is 25.9. The molecule has 1 aliphatic rings. The summed E-state index contributed by atoms with van der Waals surface area (Å²) >= 11 is 0. The molecule has 1 aliphatic heterocycles. The zero-order valence-corrected chi connectivity index (χ0v) is 16.7. The zero-order chi connectivity index (χ0) is 21.2. The van der Waals surface area contributed by atoms with Crippen molar-refractivity contribution in [2.24, 2.45) is 0 Å². The van der Waals surface area contributed by atoms with Crippen molar-refractivity contribution in [2.75, 3.05) is 57.1 Å². The molecular formula is C19H24N10O. The van der Waals surface area contributed by atoms with Crippen molar-refractivity contribution in [3.8, 4) is 6.07 Å². The van der Waals surface area contributed by atoms with E-state index >= 15 is 0 Å². The van der Waals surface area contributed by atoms with Gasteiger partial charge >= 0.3 is 0 Å². The summed E-state index contributed by atoms with van der Waals surface area (Å²) in [5.41, 5.74) is 1.93. The number of nitrogens with zero attached hydrogens (tertiary/aromatic N) is 6. The van der Waals surface area contributed by atoms with Crippen LogP contribution in [0.2, 0.25) is 0 Å². The molecule has 2 aromatic heterocycles. The minimum absolute atomic E-state index is 0.0927. The number of aromatic nitrogens is 4. The second-order valence-corrected chi connectivity index (χ2v) is 6.40. The van der Waals surface area contributed by atoms with Crippen molar-refractivity contribution < 1.29 is 4.74 Å². The Morgan fingerprint density at radius 3 is 2.70 bits per heavy atom. The van der Waals surface area contributed by atoms with Crippen LogP contribution in [-0.4, -0.2) is 77.5 Å². The van der Waals surface area contributed by atoms with Gasteiger partial charge in [-0.05, 0) is 0 Å². The summed E-state index contributed by atoms with van der Waals surface area (Å²) in [6.07, 6.45) is 7.63. The molecule has 0 radical (unpaired) electrons. The first-order valence-electron chi connectivity index (χ1n) is 9.52. The van der Waals surface area contributed by atoms with E-state index in [4.69, 9.17) is 15.4 Å². The van der Waals surface area contributed by atoms with Gasteiger partial charge in [-0.15, -0.1) is 0 Å². The summed E-state index contributed by atoms with van der Waals surface area (Å²) in [5.74, 6) is 1.06. The molecule has 1 fully saturated rings. The van der Waals surface area contributed by atoms with Crippen LogP contribution in [0.1, 0.15) is 11.4 Å². The van der Waals surface area contributed by atoms with Gasteiger partial charge in [-0.1, -0.05) is 0 Å². The van der Waals surface area contributed by atoms with Crippen LogP contribution in [0.4, 0.5) is 17.5 Å². The largest absolute Gasteiger partial charge is 0.393 e. The molecule has 11 heteroatoms. The molecule has 3 heterocycles. The molecule has 0 unspecified atom stereocenters. The quantitative estimate of drug-likeness (QED) is 0.440. The number of rotatable bonds is 9. The number of nitrogens with one attached hydrogen (secondary N) is 4. The van der Waals surface area contributed by atoms with Crippen molar-refractivity contribution in [3.05, 3.63) is 36.2 Å². The first-order chi connectivity index (χ1) is 14.7. The topological polar surface area (TPSA) is 148 Å². The van der Waals surface area contributed by atoms with E-state index in [0.29, 0.717) is 35.1 Å². The maximum atomic E-state index is 8.81. The molecule has 0 spiro atoms. The van der Waals surface area contributed by atoms with E-state index in [-0.39, 0.29) is 5.82 Å². The monoisotopic (exact) mass is 408 g/mol. The average Bonchev–Trinajstić information content (AvgIpc) is 2.79. The van der Waals surface area contributed by atoms with Gasteiger partial charge in [-0.2, -0.15) is 10.2 Å². The Balaban J connectivity index is 1.77. The molecule has 1 saturated heterocycles. The predicted molar refractivity (Wildman–Crippen MR) is 114 cm³/mol. The summed E-state index contributed by atoms with van der Waals surface area (Å²) in [6.45, 7) is 4.87. The van der Waals surface area contributed by atoms with Gasteiger partial charge in [-0.25, -0.2) is 15.0 Å². The fourth-order valence-corrected chi connectivity index (χ4v) is 2.88. The smallest absolute Gasteiger partial charge is 0.232 e. The Hall–Kier alpha value is -3.62. The molecule has 0 bridgehead atoms. The summed E-state index contributed by atoms with van der Waals surface area (Å²) in [7, 11) is 1.77. The van der Waals surface area contributed by atoms with Gasteiger partial charge in [0.15, 0.2) is 0 Å². The third-order valence-electron chi connectivity index (χ3n) is 4.39. The van der Waals surface area contributed by atoms with Crippen molar-refractivity contribution >= 4 is 29.2 Å². The molecule has 0 saturated carbocycles. The van der Waals surface area contributed by atoms with Crippen molar-refractivity contribution in [3.63, 3.8) is 0 Å². The van der Waals surface area contributed by atoms with Gasteiger partial charge in [0, 0.05) is 63.0 Å². The van der Waals surface area contributed by atoms with Crippen LogP contribution in [0.25, 0.3) is 5.57 Å². The molecule has 156 valence electrons. The summed E-state index contributed by atoms with van der Waals surface area (Å²) < 4.78 is 5.38. The van der Waals surface area contributed by atoms with Gasteiger partial charge in [0.1, 0.15) is 11.9 Å². The van der Waals surface area contributed by atoms with E-state index in [2.05, 4.69) is 40.8 Å². The van der Waals surface area contributed by atoms with Crippen LogP contribution in [-0.2, 0) is 4.74 Å². The first kappa shape index (κ1) is 21.1. The van der Waals surface area contributed by atoms with Crippen LogP contribution in [0.5, 0.6) is 0 Å². The highest BCUT2D eigenvalue weighted by Crippen LogP contribution is 2.22. The van der Waals surface area contributed by atoms with E-state index in [9.17, 15) is 0 Å². The standard InChI is InChI=1S/C19H24N10O/c1-22-10-14(8-20)16-13-26-19(27-15-11-24-17(9-21)25-12-15)28-18(16)23-2-3-29-4-6-30-7-5-29/h8,10-13,20,22H,2-7H2,1H3,(H2,23,26,27,28)/b14-10+,20-8?. The van der Waals surface area contributed by atoms with Gasteiger partial charge in [0.25, 0.3) is 0 Å². The molecule has 4 N–H and O–H groups in total. The Morgan fingerprint density at radius 2 is 2.03 bits per heavy atom. The van der Waals surface area contributed by atoms with Crippen molar-refractivity contribution in [1.82, 2.24) is 30.2 Å². The Labute approximate surface area is 174 Å². The maximum absolute atomic E-state index is 8.81. The van der Waals surface area contributed by atoms with E-state index < -0.39 is 0 Å². The molecule has 2 aromatic rings. The Bertz CT molecular complexity index is 916. The molecular weight excluding hydrogens is 384 g/mol. The zero-order valence-electron chi connectivity index (χ0n) is 16.7. The highest BCUT2D eigenvalue weighted by molar-refractivity contribution is 6.10. The number of ether oxygens (including phenoxy) is 1.